The normalized spacial score (nSPS) is 17.1. The lowest BCUT2D eigenvalue weighted by molar-refractivity contribution is 0.0922. The minimum atomic E-state index is 0. The predicted molar refractivity (Wildman–Crippen MR) is 85.7 cm³/mol. The second-order valence-electron chi connectivity index (χ2n) is 6.12. The van der Waals surface area contributed by atoms with Crippen LogP contribution in [0.3, 0.4) is 0 Å². The molecular weight excluding hydrogens is 272 g/mol. The molecular formula is C16H25ClN2O. The molecule has 0 saturated carbocycles. The first-order valence-corrected chi connectivity index (χ1v) is 7.06. The molecule has 0 aliphatic carbocycles. The van der Waals surface area contributed by atoms with Crippen LogP contribution in [0.4, 0.5) is 0 Å². The molecule has 0 atom stereocenters. The van der Waals surface area contributed by atoms with Gasteiger partial charge in [0.1, 0.15) is 0 Å². The number of hydrogen-bond donors (Lipinski definition) is 2. The fourth-order valence-electron chi connectivity index (χ4n) is 2.71. The van der Waals surface area contributed by atoms with Gasteiger partial charge in [-0.05, 0) is 57.3 Å². The van der Waals surface area contributed by atoms with Crippen LogP contribution in [0.15, 0.2) is 18.2 Å². The molecule has 1 aromatic carbocycles. The molecule has 1 aromatic rings. The highest BCUT2D eigenvalue weighted by atomic mass is 35.5. The SMILES string of the molecule is Cc1cc(C)cc(C(=O)NCC2(C)CCNCC2)c1.Cl. The van der Waals surface area contributed by atoms with Gasteiger partial charge in [-0.25, -0.2) is 0 Å². The smallest absolute Gasteiger partial charge is 0.251 e. The molecule has 0 radical (unpaired) electrons. The van der Waals surface area contributed by atoms with E-state index in [1.165, 1.54) is 0 Å². The Hall–Kier alpha value is -1.06. The number of aryl methyl sites for hydroxylation is 2. The predicted octanol–water partition coefficient (Wildman–Crippen LogP) is 2.84. The summed E-state index contributed by atoms with van der Waals surface area (Å²) in [7, 11) is 0. The van der Waals surface area contributed by atoms with Gasteiger partial charge in [0.05, 0.1) is 0 Å². The molecule has 1 saturated heterocycles. The van der Waals surface area contributed by atoms with Gasteiger partial charge in [0.2, 0.25) is 0 Å². The number of nitrogens with one attached hydrogen (secondary N) is 2. The molecule has 1 aliphatic rings. The Bertz CT molecular complexity index is 447. The van der Waals surface area contributed by atoms with E-state index in [0.717, 1.165) is 49.2 Å². The summed E-state index contributed by atoms with van der Waals surface area (Å²) in [5.41, 5.74) is 3.28. The van der Waals surface area contributed by atoms with Crippen molar-refractivity contribution in [1.29, 1.82) is 0 Å². The van der Waals surface area contributed by atoms with Gasteiger partial charge in [-0.2, -0.15) is 0 Å². The molecule has 0 aromatic heterocycles. The van der Waals surface area contributed by atoms with Gasteiger partial charge in [0, 0.05) is 12.1 Å². The lowest BCUT2D eigenvalue weighted by atomic mass is 9.81. The van der Waals surface area contributed by atoms with E-state index in [2.05, 4.69) is 23.6 Å². The third-order valence-electron chi connectivity index (χ3n) is 3.97. The maximum Gasteiger partial charge on any atom is 0.251 e. The fourth-order valence-corrected chi connectivity index (χ4v) is 2.71. The van der Waals surface area contributed by atoms with E-state index < -0.39 is 0 Å². The van der Waals surface area contributed by atoms with E-state index in [1.807, 2.05) is 26.0 Å². The van der Waals surface area contributed by atoms with Crippen LogP contribution in [0, 0.1) is 19.3 Å². The highest BCUT2D eigenvalue weighted by Crippen LogP contribution is 2.26. The van der Waals surface area contributed by atoms with E-state index >= 15 is 0 Å². The van der Waals surface area contributed by atoms with Crippen molar-refractivity contribution in [2.75, 3.05) is 19.6 Å². The summed E-state index contributed by atoms with van der Waals surface area (Å²) < 4.78 is 0. The van der Waals surface area contributed by atoms with Gasteiger partial charge in [-0.1, -0.05) is 24.1 Å². The lowest BCUT2D eigenvalue weighted by Gasteiger charge is -2.34. The van der Waals surface area contributed by atoms with Crippen molar-refractivity contribution in [1.82, 2.24) is 10.6 Å². The van der Waals surface area contributed by atoms with E-state index in [1.54, 1.807) is 0 Å². The maximum absolute atomic E-state index is 12.2. The molecule has 2 N–H and O–H groups in total. The van der Waals surface area contributed by atoms with Crippen LogP contribution in [0.1, 0.15) is 41.3 Å². The molecule has 0 bridgehead atoms. The van der Waals surface area contributed by atoms with Crippen LogP contribution < -0.4 is 10.6 Å². The van der Waals surface area contributed by atoms with Gasteiger partial charge < -0.3 is 10.6 Å². The number of carbonyl (C=O) groups is 1. The van der Waals surface area contributed by atoms with Crippen molar-refractivity contribution >= 4 is 18.3 Å². The zero-order valence-electron chi connectivity index (χ0n) is 12.6. The molecule has 0 unspecified atom stereocenters. The van der Waals surface area contributed by atoms with E-state index in [0.29, 0.717) is 0 Å². The Labute approximate surface area is 127 Å². The zero-order valence-corrected chi connectivity index (χ0v) is 13.4. The molecule has 1 heterocycles. The average molecular weight is 297 g/mol. The molecule has 0 spiro atoms. The Morgan fingerprint density at radius 3 is 2.30 bits per heavy atom. The van der Waals surface area contributed by atoms with E-state index in [9.17, 15) is 4.79 Å². The van der Waals surface area contributed by atoms with Crippen LogP contribution in [0.5, 0.6) is 0 Å². The van der Waals surface area contributed by atoms with Gasteiger partial charge >= 0.3 is 0 Å². The van der Waals surface area contributed by atoms with Gasteiger partial charge in [-0.15, -0.1) is 12.4 Å². The second kappa shape index (κ2) is 7.09. The lowest BCUT2D eigenvalue weighted by Crippen LogP contribution is -2.42. The summed E-state index contributed by atoms with van der Waals surface area (Å²) in [6.07, 6.45) is 2.25. The first kappa shape index (κ1) is 17.0. The van der Waals surface area contributed by atoms with Gasteiger partial charge in [0.25, 0.3) is 5.91 Å². The molecule has 4 heteroatoms. The first-order valence-electron chi connectivity index (χ1n) is 7.06. The third kappa shape index (κ3) is 4.50. The van der Waals surface area contributed by atoms with Crippen LogP contribution in [-0.4, -0.2) is 25.5 Å². The maximum atomic E-state index is 12.2. The number of halogens is 1. The standard InChI is InChI=1S/C16H24N2O.ClH/c1-12-8-13(2)10-14(9-12)15(19)18-11-16(3)4-6-17-7-5-16;/h8-10,17H,4-7,11H2,1-3H3,(H,18,19);1H. The molecule has 112 valence electrons. The van der Waals surface area contributed by atoms with E-state index in [4.69, 9.17) is 0 Å². The number of amides is 1. The number of hydrogen-bond acceptors (Lipinski definition) is 2. The van der Waals surface area contributed by atoms with Crippen molar-refractivity contribution < 1.29 is 4.79 Å². The largest absolute Gasteiger partial charge is 0.351 e. The summed E-state index contributed by atoms with van der Waals surface area (Å²) in [4.78, 5) is 12.2. The summed E-state index contributed by atoms with van der Waals surface area (Å²) in [5.74, 6) is 0.0477. The molecule has 1 fully saturated rings. The summed E-state index contributed by atoms with van der Waals surface area (Å²) in [6.45, 7) is 9.18. The molecule has 1 aliphatic heterocycles. The van der Waals surface area contributed by atoms with Crippen molar-refractivity contribution in [2.24, 2.45) is 5.41 Å². The minimum Gasteiger partial charge on any atom is -0.351 e. The number of carbonyl (C=O) groups excluding carboxylic acids is 1. The average Bonchev–Trinajstić information content (AvgIpc) is 2.36. The summed E-state index contributed by atoms with van der Waals surface area (Å²) >= 11 is 0. The molecule has 3 nitrogen and oxygen atoms in total. The Balaban J connectivity index is 0.00000200. The topological polar surface area (TPSA) is 41.1 Å². The number of rotatable bonds is 3. The summed E-state index contributed by atoms with van der Waals surface area (Å²) in [6, 6.07) is 5.99. The van der Waals surface area contributed by atoms with Gasteiger partial charge in [-0.3, -0.25) is 4.79 Å². The minimum absolute atomic E-state index is 0. The Morgan fingerprint density at radius 2 is 1.75 bits per heavy atom. The Morgan fingerprint density at radius 1 is 1.20 bits per heavy atom. The fraction of sp³-hybridized carbons (Fsp3) is 0.562. The zero-order chi connectivity index (χ0) is 13.9. The van der Waals surface area contributed by atoms with Crippen LogP contribution in [-0.2, 0) is 0 Å². The highest BCUT2D eigenvalue weighted by Gasteiger charge is 2.27. The third-order valence-corrected chi connectivity index (χ3v) is 3.97. The summed E-state index contributed by atoms with van der Waals surface area (Å²) in [5, 5.41) is 6.46. The number of piperidine rings is 1. The Kier molecular flexibility index (Phi) is 6.03. The highest BCUT2D eigenvalue weighted by molar-refractivity contribution is 5.94. The quantitative estimate of drug-likeness (QED) is 0.900. The van der Waals surface area contributed by atoms with Crippen molar-refractivity contribution in [3.63, 3.8) is 0 Å². The molecule has 1 amide bonds. The van der Waals surface area contributed by atoms with Crippen LogP contribution in [0.25, 0.3) is 0 Å². The monoisotopic (exact) mass is 296 g/mol. The van der Waals surface area contributed by atoms with E-state index in [-0.39, 0.29) is 23.7 Å². The van der Waals surface area contributed by atoms with Crippen LogP contribution >= 0.6 is 12.4 Å². The second-order valence-corrected chi connectivity index (χ2v) is 6.12. The van der Waals surface area contributed by atoms with Gasteiger partial charge in [0.15, 0.2) is 0 Å². The number of benzene rings is 1. The first-order chi connectivity index (χ1) is 8.98. The van der Waals surface area contributed by atoms with Crippen molar-refractivity contribution in [2.45, 2.75) is 33.6 Å². The molecule has 20 heavy (non-hydrogen) atoms. The van der Waals surface area contributed by atoms with Crippen molar-refractivity contribution in [3.8, 4) is 0 Å². The molecule has 2 rings (SSSR count). The van der Waals surface area contributed by atoms with Crippen LogP contribution in [0.2, 0.25) is 0 Å². The van der Waals surface area contributed by atoms with Crippen molar-refractivity contribution in [3.05, 3.63) is 34.9 Å².